The largest absolute Gasteiger partial charge is 0.452 e. The van der Waals surface area contributed by atoms with Crippen molar-refractivity contribution in [3.05, 3.63) is 51.8 Å². The van der Waals surface area contributed by atoms with E-state index in [9.17, 15) is 14.9 Å². The molecule has 8 heteroatoms. The van der Waals surface area contributed by atoms with Crippen LogP contribution in [0.2, 0.25) is 5.15 Å². The molecule has 0 aliphatic heterocycles. The van der Waals surface area contributed by atoms with Gasteiger partial charge in [-0.05, 0) is 32.3 Å². The first-order valence-electron chi connectivity index (χ1n) is 9.25. The Kier molecular flexibility index (Phi) is 7.04. The normalized spacial score (nSPS) is 12.9. The van der Waals surface area contributed by atoms with Gasteiger partial charge in [-0.2, -0.15) is 10.4 Å². The van der Waals surface area contributed by atoms with Crippen LogP contribution in [0.15, 0.2) is 24.3 Å². The average molecular weight is 417 g/mol. The summed E-state index contributed by atoms with van der Waals surface area (Å²) in [5.74, 6) is -1.40. The molecule has 1 aromatic heterocycles. The number of rotatable bonds is 7. The first kappa shape index (κ1) is 22.4. The van der Waals surface area contributed by atoms with Crippen LogP contribution in [-0.4, -0.2) is 33.8 Å². The smallest absolute Gasteiger partial charge is 0.343 e. The van der Waals surface area contributed by atoms with E-state index in [-0.39, 0.29) is 16.6 Å². The van der Waals surface area contributed by atoms with Crippen LogP contribution in [0.4, 0.5) is 0 Å². The van der Waals surface area contributed by atoms with Crippen molar-refractivity contribution in [2.24, 2.45) is 5.92 Å². The van der Waals surface area contributed by atoms with Crippen molar-refractivity contribution in [2.75, 3.05) is 6.61 Å². The highest BCUT2D eigenvalue weighted by Crippen LogP contribution is 2.22. The lowest BCUT2D eigenvalue weighted by Crippen LogP contribution is -2.50. The zero-order valence-electron chi connectivity index (χ0n) is 17.2. The van der Waals surface area contributed by atoms with E-state index >= 15 is 0 Å². The van der Waals surface area contributed by atoms with Crippen LogP contribution < -0.4 is 5.32 Å². The molecular formula is C21H25ClN4O3. The third kappa shape index (κ3) is 5.36. The molecule has 0 bridgehead atoms. The van der Waals surface area contributed by atoms with E-state index in [0.29, 0.717) is 12.2 Å². The van der Waals surface area contributed by atoms with Gasteiger partial charge in [0, 0.05) is 0 Å². The molecule has 7 nitrogen and oxygen atoms in total. The fourth-order valence-electron chi connectivity index (χ4n) is 2.59. The van der Waals surface area contributed by atoms with Gasteiger partial charge in [0.2, 0.25) is 0 Å². The van der Waals surface area contributed by atoms with Crippen LogP contribution in [0, 0.1) is 31.1 Å². The summed E-state index contributed by atoms with van der Waals surface area (Å²) >= 11 is 6.35. The maximum absolute atomic E-state index is 12.5. The summed E-state index contributed by atoms with van der Waals surface area (Å²) in [5, 5.41) is 16.3. The summed E-state index contributed by atoms with van der Waals surface area (Å²) < 4.78 is 6.62. The van der Waals surface area contributed by atoms with Gasteiger partial charge in [0.05, 0.1) is 18.3 Å². The first-order valence-corrected chi connectivity index (χ1v) is 9.63. The van der Waals surface area contributed by atoms with E-state index in [1.54, 1.807) is 13.8 Å². The van der Waals surface area contributed by atoms with Crippen molar-refractivity contribution in [1.82, 2.24) is 15.1 Å². The van der Waals surface area contributed by atoms with Gasteiger partial charge in [-0.1, -0.05) is 55.3 Å². The number of nitrogens with one attached hydrogen (secondary N) is 1. The van der Waals surface area contributed by atoms with Crippen LogP contribution in [-0.2, 0) is 16.1 Å². The van der Waals surface area contributed by atoms with Gasteiger partial charge < -0.3 is 10.1 Å². The number of nitrogens with zero attached hydrogens (tertiary/aromatic N) is 3. The number of carbonyl (C=O) groups is 2. The highest BCUT2D eigenvalue weighted by atomic mass is 35.5. The van der Waals surface area contributed by atoms with E-state index in [1.807, 2.05) is 45.0 Å². The Morgan fingerprint density at radius 2 is 1.93 bits per heavy atom. The van der Waals surface area contributed by atoms with E-state index in [0.717, 1.165) is 11.1 Å². The van der Waals surface area contributed by atoms with Crippen LogP contribution in [0.3, 0.4) is 0 Å². The standard InChI is InChI=1S/C21H25ClN4O3/c1-13(2)21(5,12-23)24-17(27)11-29-20(28)18-15(4)25-26(19(18)22)10-16-8-6-14(3)7-9-16/h6-9,13H,10-11H2,1-5H3,(H,24,27)/t21-/m1/s1. The number of carbonyl (C=O) groups excluding carboxylic acids is 2. The van der Waals surface area contributed by atoms with Gasteiger partial charge in [-0.15, -0.1) is 0 Å². The lowest BCUT2D eigenvalue weighted by molar-refractivity contribution is -0.125. The number of benzene rings is 1. The predicted octanol–water partition coefficient (Wildman–Crippen LogP) is 3.41. The molecule has 0 saturated carbocycles. The second-order valence-electron chi connectivity index (χ2n) is 7.49. The van der Waals surface area contributed by atoms with Gasteiger partial charge in [-0.25, -0.2) is 9.48 Å². The van der Waals surface area contributed by atoms with Gasteiger partial charge in [0.15, 0.2) is 6.61 Å². The van der Waals surface area contributed by atoms with E-state index in [2.05, 4.69) is 16.5 Å². The van der Waals surface area contributed by atoms with Crippen LogP contribution >= 0.6 is 11.6 Å². The minimum atomic E-state index is -1.05. The Labute approximate surface area is 175 Å². The lowest BCUT2D eigenvalue weighted by atomic mass is 9.90. The number of ether oxygens (including phenoxy) is 1. The van der Waals surface area contributed by atoms with E-state index in [1.165, 1.54) is 4.68 Å². The van der Waals surface area contributed by atoms with E-state index in [4.69, 9.17) is 16.3 Å². The molecule has 29 heavy (non-hydrogen) atoms. The number of aromatic nitrogens is 2. The predicted molar refractivity (Wildman–Crippen MR) is 110 cm³/mol. The topological polar surface area (TPSA) is 97.0 Å². The SMILES string of the molecule is Cc1ccc(Cn2nc(C)c(C(=O)OCC(=O)N[C@](C)(C#N)C(C)C)c2Cl)cc1. The Balaban J connectivity index is 2.06. The highest BCUT2D eigenvalue weighted by Gasteiger charge is 2.30. The Hall–Kier alpha value is -2.85. The zero-order chi connectivity index (χ0) is 21.8. The molecule has 0 aliphatic carbocycles. The molecular weight excluding hydrogens is 392 g/mol. The maximum atomic E-state index is 12.5. The Morgan fingerprint density at radius 3 is 2.48 bits per heavy atom. The molecule has 2 rings (SSSR count). The molecule has 1 aromatic carbocycles. The summed E-state index contributed by atoms with van der Waals surface area (Å²) in [5.41, 5.74) is 1.62. The second kappa shape index (κ2) is 9.10. The quantitative estimate of drug-likeness (QED) is 0.697. The molecule has 1 amide bonds. The molecule has 2 aromatic rings. The van der Waals surface area contributed by atoms with Crippen LogP contribution in [0.1, 0.15) is 48.0 Å². The van der Waals surface area contributed by atoms with Gasteiger partial charge in [-0.3, -0.25) is 4.79 Å². The number of amides is 1. The van der Waals surface area contributed by atoms with Crippen molar-refractivity contribution in [2.45, 2.75) is 46.7 Å². The third-order valence-corrected chi connectivity index (χ3v) is 5.23. The number of esters is 1. The Morgan fingerprint density at radius 1 is 1.31 bits per heavy atom. The zero-order valence-corrected chi connectivity index (χ0v) is 18.0. The molecule has 0 fully saturated rings. The fraction of sp³-hybridized carbons (Fsp3) is 0.429. The number of halogens is 1. The number of hydrogen-bond acceptors (Lipinski definition) is 5. The third-order valence-electron chi connectivity index (χ3n) is 4.84. The summed E-state index contributed by atoms with van der Waals surface area (Å²) in [6.07, 6.45) is 0. The molecule has 0 radical (unpaired) electrons. The molecule has 0 spiro atoms. The van der Waals surface area contributed by atoms with Crippen LogP contribution in [0.25, 0.3) is 0 Å². The van der Waals surface area contributed by atoms with Crippen molar-refractivity contribution < 1.29 is 14.3 Å². The summed E-state index contributed by atoms with van der Waals surface area (Å²) in [6.45, 7) is 8.80. The molecule has 0 aliphatic rings. The van der Waals surface area contributed by atoms with Crippen molar-refractivity contribution >= 4 is 23.5 Å². The Bertz CT molecular complexity index is 944. The highest BCUT2D eigenvalue weighted by molar-refractivity contribution is 6.32. The minimum absolute atomic E-state index is 0.108. The fourth-order valence-corrected chi connectivity index (χ4v) is 2.90. The molecule has 1 atom stereocenters. The first-order chi connectivity index (χ1) is 13.6. The van der Waals surface area contributed by atoms with Gasteiger partial charge in [0.25, 0.3) is 5.91 Å². The number of hydrogen-bond donors (Lipinski definition) is 1. The molecule has 154 valence electrons. The molecule has 1 heterocycles. The monoisotopic (exact) mass is 416 g/mol. The molecule has 1 N–H and O–H groups in total. The number of nitriles is 1. The van der Waals surface area contributed by atoms with Crippen LogP contribution in [0.5, 0.6) is 0 Å². The average Bonchev–Trinajstić information content (AvgIpc) is 2.94. The summed E-state index contributed by atoms with van der Waals surface area (Å²) in [6, 6.07) is 9.97. The van der Waals surface area contributed by atoms with Crippen molar-refractivity contribution in [3.8, 4) is 6.07 Å². The number of aryl methyl sites for hydroxylation is 2. The van der Waals surface area contributed by atoms with Gasteiger partial charge in [0.1, 0.15) is 16.3 Å². The summed E-state index contributed by atoms with van der Waals surface area (Å²) in [4.78, 5) is 24.6. The second-order valence-corrected chi connectivity index (χ2v) is 7.85. The minimum Gasteiger partial charge on any atom is -0.452 e. The van der Waals surface area contributed by atoms with Crippen molar-refractivity contribution in [1.29, 1.82) is 5.26 Å². The lowest BCUT2D eigenvalue weighted by Gasteiger charge is -2.27. The summed E-state index contributed by atoms with van der Waals surface area (Å²) in [7, 11) is 0. The molecule has 0 saturated heterocycles. The van der Waals surface area contributed by atoms with Crippen molar-refractivity contribution in [3.63, 3.8) is 0 Å². The van der Waals surface area contributed by atoms with E-state index < -0.39 is 24.0 Å². The molecule has 0 unspecified atom stereocenters. The van der Waals surface area contributed by atoms with Gasteiger partial charge >= 0.3 is 5.97 Å². The maximum Gasteiger partial charge on any atom is 0.343 e.